The fourth-order valence-corrected chi connectivity index (χ4v) is 1.68. The van der Waals surface area contributed by atoms with Gasteiger partial charge in [0.1, 0.15) is 5.82 Å². The van der Waals surface area contributed by atoms with Gasteiger partial charge in [0.25, 0.3) is 0 Å². The summed E-state index contributed by atoms with van der Waals surface area (Å²) < 4.78 is 14.0. The molecule has 0 heterocycles. The molecule has 1 aromatic rings. The van der Waals surface area contributed by atoms with Gasteiger partial charge in [-0.05, 0) is 36.1 Å². The Hall–Kier alpha value is -0.450. The number of hydrogen-bond donors (Lipinski definition) is 1. The quantitative estimate of drug-likeness (QED) is 0.903. The van der Waals surface area contributed by atoms with Gasteiger partial charge in [-0.3, -0.25) is 0 Å². The molecule has 0 spiro atoms. The molecular weight excluding hydrogens is 247 g/mol. The summed E-state index contributed by atoms with van der Waals surface area (Å²) in [6, 6.07) is 4.88. The van der Waals surface area contributed by atoms with E-state index in [2.05, 4.69) is 15.9 Å². The fraction of sp³-hybridized carbons (Fsp3) is 0.400. The molecular formula is C10H14BrFN2. The van der Waals surface area contributed by atoms with Crippen molar-refractivity contribution < 1.29 is 4.39 Å². The topological polar surface area (TPSA) is 29.3 Å². The van der Waals surface area contributed by atoms with Crippen molar-refractivity contribution in [3.8, 4) is 0 Å². The highest BCUT2D eigenvalue weighted by Crippen LogP contribution is 2.22. The molecule has 0 amide bonds. The van der Waals surface area contributed by atoms with Crippen molar-refractivity contribution in [3.63, 3.8) is 0 Å². The normalized spacial score (nSPS) is 13.3. The predicted octanol–water partition coefficient (Wildman–Crippen LogP) is 2.15. The van der Waals surface area contributed by atoms with E-state index in [-0.39, 0.29) is 11.9 Å². The van der Waals surface area contributed by atoms with Crippen molar-refractivity contribution in [3.05, 3.63) is 34.1 Å². The third kappa shape index (κ3) is 2.77. The van der Waals surface area contributed by atoms with E-state index >= 15 is 0 Å². The molecule has 1 atom stereocenters. The van der Waals surface area contributed by atoms with E-state index in [4.69, 9.17) is 5.73 Å². The number of benzene rings is 1. The highest BCUT2D eigenvalue weighted by molar-refractivity contribution is 9.10. The molecule has 0 saturated carbocycles. The van der Waals surface area contributed by atoms with Crippen LogP contribution < -0.4 is 5.73 Å². The Morgan fingerprint density at radius 2 is 2.14 bits per heavy atom. The molecule has 0 saturated heterocycles. The lowest BCUT2D eigenvalue weighted by Crippen LogP contribution is -2.26. The van der Waals surface area contributed by atoms with E-state index in [1.54, 1.807) is 18.2 Å². The molecule has 0 aliphatic heterocycles. The first kappa shape index (κ1) is 11.6. The maximum absolute atomic E-state index is 13.6. The predicted molar refractivity (Wildman–Crippen MR) is 59.6 cm³/mol. The lowest BCUT2D eigenvalue weighted by Gasteiger charge is -2.18. The van der Waals surface area contributed by atoms with Gasteiger partial charge in [0.15, 0.2) is 0 Å². The summed E-state index contributed by atoms with van der Waals surface area (Å²) in [5.41, 5.74) is 6.41. The van der Waals surface area contributed by atoms with Gasteiger partial charge in [0.05, 0.1) is 4.47 Å². The van der Waals surface area contributed by atoms with Crippen LogP contribution in [0.2, 0.25) is 0 Å². The van der Waals surface area contributed by atoms with E-state index in [1.165, 1.54) is 0 Å². The van der Waals surface area contributed by atoms with Gasteiger partial charge >= 0.3 is 0 Å². The summed E-state index contributed by atoms with van der Waals surface area (Å²) in [5, 5.41) is 0. The molecule has 0 fully saturated rings. The summed E-state index contributed by atoms with van der Waals surface area (Å²) in [4.78, 5) is 1.94. The van der Waals surface area contributed by atoms with Crippen molar-refractivity contribution in [2.45, 2.75) is 6.04 Å². The SMILES string of the molecule is CN(C)CC(N)c1cccc(Br)c1F. The first-order valence-corrected chi connectivity index (χ1v) is 5.16. The highest BCUT2D eigenvalue weighted by atomic mass is 79.9. The van der Waals surface area contributed by atoms with Crippen molar-refractivity contribution >= 4 is 15.9 Å². The smallest absolute Gasteiger partial charge is 0.142 e. The van der Waals surface area contributed by atoms with Crippen LogP contribution in [0, 0.1) is 5.82 Å². The first-order chi connectivity index (χ1) is 6.52. The first-order valence-electron chi connectivity index (χ1n) is 4.36. The molecule has 2 nitrogen and oxygen atoms in total. The van der Waals surface area contributed by atoms with Gasteiger partial charge in [-0.25, -0.2) is 4.39 Å². The molecule has 0 aromatic heterocycles. The van der Waals surface area contributed by atoms with Crippen LogP contribution in [0.25, 0.3) is 0 Å². The highest BCUT2D eigenvalue weighted by Gasteiger charge is 2.13. The molecule has 2 N–H and O–H groups in total. The van der Waals surface area contributed by atoms with Gasteiger partial charge in [-0.1, -0.05) is 12.1 Å². The van der Waals surface area contributed by atoms with Crippen LogP contribution in [0.5, 0.6) is 0 Å². The number of halogens is 2. The van der Waals surface area contributed by atoms with Crippen LogP contribution in [-0.2, 0) is 0 Å². The van der Waals surface area contributed by atoms with Crippen LogP contribution in [0.15, 0.2) is 22.7 Å². The lowest BCUT2D eigenvalue weighted by atomic mass is 10.1. The summed E-state index contributed by atoms with van der Waals surface area (Å²) >= 11 is 3.14. The van der Waals surface area contributed by atoms with Crippen molar-refractivity contribution in [1.29, 1.82) is 0 Å². The van der Waals surface area contributed by atoms with Crippen molar-refractivity contribution in [2.24, 2.45) is 5.73 Å². The molecule has 0 bridgehead atoms. The van der Waals surface area contributed by atoms with Crippen LogP contribution in [0.3, 0.4) is 0 Å². The van der Waals surface area contributed by atoms with Gasteiger partial charge in [-0.2, -0.15) is 0 Å². The van der Waals surface area contributed by atoms with Crippen LogP contribution in [0.1, 0.15) is 11.6 Å². The van der Waals surface area contributed by atoms with Crippen LogP contribution >= 0.6 is 15.9 Å². The second-order valence-corrected chi connectivity index (χ2v) is 4.37. The minimum absolute atomic E-state index is 0.262. The Kier molecular flexibility index (Phi) is 4.04. The fourth-order valence-electron chi connectivity index (χ4n) is 1.30. The summed E-state index contributed by atoms with van der Waals surface area (Å²) in [7, 11) is 3.82. The molecule has 1 unspecified atom stereocenters. The molecule has 0 radical (unpaired) electrons. The molecule has 0 aliphatic rings. The molecule has 14 heavy (non-hydrogen) atoms. The Morgan fingerprint density at radius 3 is 2.71 bits per heavy atom. The maximum Gasteiger partial charge on any atom is 0.142 e. The van der Waals surface area contributed by atoms with Crippen molar-refractivity contribution in [2.75, 3.05) is 20.6 Å². The number of rotatable bonds is 3. The zero-order valence-corrected chi connectivity index (χ0v) is 9.88. The van der Waals surface area contributed by atoms with E-state index in [0.29, 0.717) is 16.6 Å². The van der Waals surface area contributed by atoms with Gasteiger partial charge < -0.3 is 10.6 Å². The Labute approximate surface area is 92.0 Å². The standard InChI is InChI=1S/C10H14BrFN2/c1-14(2)6-9(13)7-4-3-5-8(11)10(7)12/h3-5,9H,6,13H2,1-2H3. The maximum atomic E-state index is 13.6. The van der Waals surface area contributed by atoms with E-state index in [0.717, 1.165) is 0 Å². The van der Waals surface area contributed by atoms with Crippen LogP contribution in [0.4, 0.5) is 4.39 Å². The molecule has 1 rings (SSSR count). The van der Waals surface area contributed by atoms with E-state index in [1.807, 2.05) is 19.0 Å². The minimum atomic E-state index is -0.289. The van der Waals surface area contributed by atoms with E-state index in [9.17, 15) is 4.39 Å². The minimum Gasteiger partial charge on any atom is -0.323 e. The molecule has 1 aromatic carbocycles. The Bertz CT molecular complexity index is 315. The zero-order chi connectivity index (χ0) is 10.7. The number of nitrogens with zero attached hydrogens (tertiary/aromatic N) is 1. The van der Waals surface area contributed by atoms with Gasteiger partial charge in [0, 0.05) is 18.2 Å². The largest absolute Gasteiger partial charge is 0.323 e. The number of likely N-dealkylation sites (N-methyl/N-ethyl adjacent to an activating group) is 1. The van der Waals surface area contributed by atoms with Crippen LogP contribution in [-0.4, -0.2) is 25.5 Å². The lowest BCUT2D eigenvalue weighted by molar-refractivity contribution is 0.371. The third-order valence-electron chi connectivity index (χ3n) is 1.94. The second-order valence-electron chi connectivity index (χ2n) is 3.51. The van der Waals surface area contributed by atoms with Crippen molar-refractivity contribution in [1.82, 2.24) is 4.90 Å². The monoisotopic (exact) mass is 260 g/mol. The summed E-state index contributed by atoms with van der Waals surface area (Å²) in [6.07, 6.45) is 0. The number of hydrogen-bond acceptors (Lipinski definition) is 2. The van der Waals surface area contributed by atoms with Gasteiger partial charge in [0.2, 0.25) is 0 Å². The summed E-state index contributed by atoms with van der Waals surface area (Å²) in [5.74, 6) is -0.262. The molecule has 78 valence electrons. The Morgan fingerprint density at radius 1 is 1.50 bits per heavy atom. The Balaban J connectivity index is 2.89. The third-order valence-corrected chi connectivity index (χ3v) is 2.56. The average Bonchev–Trinajstić information content (AvgIpc) is 2.08. The average molecular weight is 261 g/mol. The van der Waals surface area contributed by atoms with E-state index < -0.39 is 0 Å². The molecule has 4 heteroatoms. The van der Waals surface area contributed by atoms with Gasteiger partial charge in [-0.15, -0.1) is 0 Å². The number of nitrogens with two attached hydrogens (primary N) is 1. The molecule has 0 aliphatic carbocycles. The second kappa shape index (κ2) is 4.87. The summed E-state index contributed by atoms with van der Waals surface area (Å²) in [6.45, 7) is 0.632. The zero-order valence-electron chi connectivity index (χ0n) is 8.30.